The summed E-state index contributed by atoms with van der Waals surface area (Å²) in [6.07, 6.45) is 0. The van der Waals surface area contributed by atoms with E-state index in [1.54, 1.807) is 18.2 Å². The Morgan fingerprint density at radius 1 is 1.20 bits per heavy atom. The van der Waals surface area contributed by atoms with Crippen LogP contribution in [0.2, 0.25) is 10.0 Å². The van der Waals surface area contributed by atoms with Gasteiger partial charge in [-0.15, -0.1) is 0 Å². The van der Waals surface area contributed by atoms with Gasteiger partial charge in [-0.2, -0.15) is 0 Å². The molecule has 1 aromatic carbocycles. The molecular formula is C11H14Cl2N2. The standard InChI is InChI=1S/C11H14Cl2N2/c1-11(2,3)10(14)15-7-4-5-8(12)9(13)6-7/h4-6H,1-3H3,(H2,14,15). The highest BCUT2D eigenvalue weighted by atomic mass is 35.5. The van der Waals surface area contributed by atoms with Crippen LogP contribution in [0.3, 0.4) is 0 Å². The summed E-state index contributed by atoms with van der Waals surface area (Å²) in [7, 11) is 0. The van der Waals surface area contributed by atoms with E-state index in [1.807, 2.05) is 20.8 Å². The minimum atomic E-state index is -0.147. The molecule has 0 heterocycles. The third kappa shape index (κ3) is 3.40. The fourth-order valence-electron chi connectivity index (χ4n) is 0.861. The van der Waals surface area contributed by atoms with Gasteiger partial charge in [-0.1, -0.05) is 44.0 Å². The number of amidine groups is 1. The highest BCUT2D eigenvalue weighted by molar-refractivity contribution is 6.42. The lowest BCUT2D eigenvalue weighted by atomic mass is 9.95. The Morgan fingerprint density at radius 2 is 1.80 bits per heavy atom. The summed E-state index contributed by atoms with van der Waals surface area (Å²) < 4.78 is 0. The fourth-order valence-corrected chi connectivity index (χ4v) is 1.15. The van der Waals surface area contributed by atoms with Crippen molar-refractivity contribution in [3.63, 3.8) is 0 Å². The monoisotopic (exact) mass is 244 g/mol. The van der Waals surface area contributed by atoms with Gasteiger partial charge in [0.15, 0.2) is 0 Å². The van der Waals surface area contributed by atoms with Gasteiger partial charge in [0.25, 0.3) is 0 Å². The quantitative estimate of drug-likeness (QED) is 0.588. The van der Waals surface area contributed by atoms with E-state index >= 15 is 0 Å². The molecule has 0 aliphatic carbocycles. The molecule has 15 heavy (non-hydrogen) atoms. The highest BCUT2D eigenvalue weighted by Crippen LogP contribution is 2.27. The summed E-state index contributed by atoms with van der Waals surface area (Å²) >= 11 is 11.7. The largest absolute Gasteiger partial charge is 0.387 e. The van der Waals surface area contributed by atoms with Crippen molar-refractivity contribution in [2.45, 2.75) is 20.8 Å². The molecule has 0 radical (unpaired) electrons. The molecule has 2 N–H and O–H groups in total. The van der Waals surface area contributed by atoms with Crippen LogP contribution in [0.4, 0.5) is 5.69 Å². The molecule has 2 nitrogen and oxygen atoms in total. The second kappa shape index (κ2) is 4.42. The van der Waals surface area contributed by atoms with Gasteiger partial charge < -0.3 is 5.73 Å². The number of benzene rings is 1. The van der Waals surface area contributed by atoms with Gasteiger partial charge in [0.2, 0.25) is 0 Å². The molecule has 0 saturated heterocycles. The Kier molecular flexibility index (Phi) is 3.63. The van der Waals surface area contributed by atoms with Crippen LogP contribution in [-0.4, -0.2) is 5.84 Å². The van der Waals surface area contributed by atoms with Crippen molar-refractivity contribution in [2.24, 2.45) is 16.1 Å². The van der Waals surface area contributed by atoms with Crippen LogP contribution >= 0.6 is 23.2 Å². The predicted octanol–water partition coefficient (Wildman–Crippen LogP) is 4.03. The second-order valence-electron chi connectivity index (χ2n) is 4.35. The number of hydrogen-bond acceptors (Lipinski definition) is 1. The predicted molar refractivity (Wildman–Crippen MR) is 67.2 cm³/mol. The van der Waals surface area contributed by atoms with Gasteiger partial charge in [0.1, 0.15) is 5.84 Å². The molecule has 0 aliphatic heterocycles. The van der Waals surface area contributed by atoms with Gasteiger partial charge in [-0.25, -0.2) is 4.99 Å². The molecule has 0 saturated carbocycles. The van der Waals surface area contributed by atoms with Gasteiger partial charge in [0.05, 0.1) is 15.7 Å². The molecule has 0 aliphatic rings. The van der Waals surface area contributed by atoms with E-state index in [0.717, 1.165) is 5.69 Å². The van der Waals surface area contributed by atoms with Crippen molar-refractivity contribution in [1.29, 1.82) is 0 Å². The van der Waals surface area contributed by atoms with Crippen molar-refractivity contribution < 1.29 is 0 Å². The zero-order valence-electron chi connectivity index (χ0n) is 9.01. The first kappa shape index (κ1) is 12.3. The Balaban J connectivity index is 3.04. The fraction of sp³-hybridized carbons (Fsp3) is 0.364. The summed E-state index contributed by atoms with van der Waals surface area (Å²) in [5.41, 5.74) is 6.42. The Morgan fingerprint density at radius 3 is 2.27 bits per heavy atom. The summed E-state index contributed by atoms with van der Waals surface area (Å²) in [5, 5.41) is 1.00. The van der Waals surface area contributed by atoms with Crippen LogP contribution in [0.25, 0.3) is 0 Å². The van der Waals surface area contributed by atoms with Crippen LogP contribution < -0.4 is 5.73 Å². The summed E-state index contributed by atoms with van der Waals surface area (Å²) in [5.74, 6) is 0.570. The molecule has 0 amide bonds. The first-order valence-corrected chi connectivity index (χ1v) is 5.36. The molecule has 0 spiro atoms. The Bertz CT molecular complexity index is 392. The number of hydrogen-bond donors (Lipinski definition) is 1. The molecule has 0 bridgehead atoms. The minimum Gasteiger partial charge on any atom is -0.387 e. The van der Waals surface area contributed by atoms with E-state index in [4.69, 9.17) is 28.9 Å². The molecule has 0 aromatic heterocycles. The maximum atomic E-state index is 5.87. The van der Waals surface area contributed by atoms with E-state index in [0.29, 0.717) is 15.9 Å². The number of aliphatic imine (C=N–C) groups is 1. The average molecular weight is 245 g/mol. The first-order chi connectivity index (χ1) is 6.80. The summed E-state index contributed by atoms with van der Waals surface area (Å²) in [6, 6.07) is 5.19. The van der Waals surface area contributed by atoms with Crippen LogP contribution in [-0.2, 0) is 0 Å². The molecule has 0 fully saturated rings. The maximum absolute atomic E-state index is 5.87. The van der Waals surface area contributed by atoms with E-state index in [9.17, 15) is 0 Å². The lowest BCUT2D eigenvalue weighted by molar-refractivity contribution is 0.585. The van der Waals surface area contributed by atoms with Crippen molar-refractivity contribution in [1.82, 2.24) is 0 Å². The lowest BCUT2D eigenvalue weighted by Gasteiger charge is -2.17. The van der Waals surface area contributed by atoms with Crippen molar-refractivity contribution in [2.75, 3.05) is 0 Å². The maximum Gasteiger partial charge on any atom is 0.105 e. The molecule has 1 aromatic rings. The zero-order valence-corrected chi connectivity index (χ0v) is 10.5. The molecule has 4 heteroatoms. The number of halogens is 2. The van der Waals surface area contributed by atoms with Crippen LogP contribution in [0.1, 0.15) is 20.8 Å². The van der Waals surface area contributed by atoms with E-state index in [1.165, 1.54) is 0 Å². The molecule has 1 rings (SSSR count). The number of nitrogens with two attached hydrogens (primary N) is 1. The molecule has 0 atom stereocenters. The topological polar surface area (TPSA) is 38.4 Å². The Labute approximate surface area is 100 Å². The van der Waals surface area contributed by atoms with Gasteiger partial charge in [-0.05, 0) is 18.2 Å². The summed E-state index contributed by atoms with van der Waals surface area (Å²) in [6.45, 7) is 6.01. The third-order valence-electron chi connectivity index (χ3n) is 1.92. The number of rotatable bonds is 1. The Hall–Kier alpha value is -0.730. The first-order valence-electron chi connectivity index (χ1n) is 4.60. The van der Waals surface area contributed by atoms with E-state index in [2.05, 4.69) is 4.99 Å². The second-order valence-corrected chi connectivity index (χ2v) is 5.16. The van der Waals surface area contributed by atoms with Gasteiger partial charge >= 0.3 is 0 Å². The smallest absolute Gasteiger partial charge is 0.105 e. The minimum absolute atomic E-state index is 0.147. The third-order valence-corrected chi connectivity index (χ3v) is 2.66. The molecular weight excluding hydrogens is 231 g/mol. The zero-order chi connectivity index (χ0) is 11.6. The SMILES string of the molecule is CC(C)(C)C(N)=Nc1ccc(Cl)c(Cl)c1. The van der Waals surface area contributed by atoms with Crippen LogP contribution in [0, 0.1) is 5.41 Å². The summed E-state index contributed by atoms with van der Waals surface area (Å²) in [4.78, 5) is 4.28. The van der Waals surface area contributed by atoms with E-state index in [-0.39, 0.29) is 5.41 Å². The van der Waals surface area contributed by atoms with Crippen molar-refractivity contribution in [3.8, 4) is 0 Å². The van der Waals surface area contributed by atoms with Gasteiger partial charge in [-0.3, -0.25) is 0 Å². The van der Waals surface area contributed by atoms with Gasteiger partial charge in [0, 0.05) is 5.41 Å². The van der Waals surface area contributed by atoms with E-state index < -0.39 is 0 Å². The average Bonchev–Trinajstić information content (AvgIpc) is 2.10. The van der Waals surface area contributed by atoms with Crippen molar-refractivity contribution >= 4 is 34.7 Å². The highest BCUT2D eigenvalue weighted by Gasteiger charge is 2.15. The molecule has 0 unspecified atom stereocenters. The lowest BCUT2D eigenvalue weighted by Crippen LogP contribution is -2.28. The number of nitrogens with zero attached hydrogens (tertiary/aromatic N) is 1. The van der Waals surface area contributed by atoms with Crippen LogP contribution in [0.15, 0.2) is 23.2 Å². The van der Waals surface area contributed by atoms with Crippen LogP contribution in [0.5, 0.6) is 0 Å². The normalized spacial score (nSPS) is 13.0. The molecule has 82 valence electrons. The van der Waals surface area contributed by atoms with Crippen molar-refractivity contribution in [3.05, 3.63) is 28.2 Å².